The van der Waals surface area contributed by atoms with Crippen LogP contribution < -0.4 is 0 Å². The Balaban J connectivity index is 1.31. The van der Waals surface area contributed by atoms with Crippen LogP contribution in [0.25, 0.3) is 88.4 Å². The molecule has 0 amide bonds. The monoisotopic (exact) mass is 785 g/mol. The maximum Gasteiger partial charge on any atom is 0.416 e. The zero-order chi connectivity index (χ0) is 41.4. The second-order valence-electron chi connectivity index (χ2n) is 15.9. The largest absolute Gasteiger partial charge is 0.416 e. The van der Waals surface area contributed by atoms with Crippen molar-refractivity contribution in [3.63, 3.8) is 0 Å². The lowest BCUT2D eigenvalue weighted by Gasteiger charge is -2.20. The molecule has 8 aromatic carbocycles. The van der Waals surface area contributed by atoms with Crippen LogP contribution in [0.2, 0.25) is 0 Å². The van der Waals surface area contributed by atoms with Crippen LogP contribution in [-0.4, -0.2) is 9.13 Å². The molecule has 10 rings (SSSR count). The molecule has 60 heavy (non-hydrogen) atoms. The maximum atomic E-state index is 14.2. The number of aryl methyl sites for hydroxylation is 4. The second kappa shape index (κ2) is 13.9. The van der Waals surface area contributed by atoms with Gasteiger partial charge >= 0.3 is 6.18 Å². The molecule has 0 saturated heterocycles. The highest BCUT2D eigenvalue weighted by Crippen LogP contribution is 2.43. The summed E-state index contributed by atoms with van der Waals surface area (Å²) in [6.07, 6.45) is -4.55. The van der Waals surface area contributed by atoms with E-state index in [-0.39, 0.29) is 5.56 Å². The highest BCUT2D eigenvalue weighted by atomic mass is 19.4. The van der Waals surface area contributed by atoms with Crippen LogP contribution in [0.4, 0.5) is 13.2 Å². The molecule has 0 atom stereocenters. The fraction of sp³-hybridized carbons (Fsp3) is 0.0926. The average Bonchev–Trinajstić information content (AvgIpc) is 3.75. The van der Waals surface area contributed by atoms with Gasteiger partial charge in [0.1, 0.15) is 0 Å². The lowest BCUT2D eigenvalue weighted by Crippen LogP contribution is -2.06. The van der Waals surface area contributed by atoms with Gasteiger partial charge in [-0.2, -0.15) is 18.4 Å². The molecule has 10 aromatic rings. The number of hydrogen-bond acceptors (Lipinski definition) is 1. The summed E-state index contributed by atoms with van der Waals surface area (Å²) in [5.41, 5.74) is 14.7. The van der Waals surface area contributed by atoms with Gasteiger partial charge in [0.05, 0.1) is 50.6 Å². The van der Waals surface area contributed by atoms with Gasteiger partial charge in [-0.15, -0.1) is 0 Å². The van der Waals surface area contributed by atoms with Crippen molar-refractivity contribution >= 4 is 43.6 Å². The zero-order valence-electron chi connectivity index (χ0n) is 33.5. The van der Waals surface area contributed by atoms with Crippen molar-refractivity contribution in [1.82, 2.24) is 9.13 Å². The number of aromatic nitrogens is 2. The van der Waals surface area contributed by atoms with Gasteiger partial charge in [-0.05, 0) is 127 Å². The summed E-state index contributed by atoms with van der Waals surface area (Å²) in [7, 11) is 0. The first kappa shape index (κ1) is 36.9. The minimum Gasteiger partial charge on any atom is -0.307 e. The minimum absolute atomic E-state index is 0.267. The first-order valence-electron chi connectivity index (χ1n) is 20.0. The van der Waals surface area contributed by atoms with E-state index in [9.17, 15) is 18.4 Å². The van der Waals surface area contributed by atoms with E-state index >= 15 is 0 Å². The predicted octanol–water partition coefficient (Wildman–Crippen LogP) is 15.0. The fourth-order valence-corrected chi connectivity index (χ4v) is 9.20. The molecule has 0 spiro atoms. The summed E-state index contributed by atoms with van der Waals surface area (Å²) < 4.78 is 46.9. The standard InChI is InChI=1S/C54H38F3N3/c1-32-16-20-41(34(3)24-32)37-18-22-50-46(27-37)43-12-5-7-14-48(43)59(50)52-29-39(31-58)45(36-10-9-11-40(26-36)54(55,56)57)30-53(52)60-49-15-8-6-13-44(49)47-28-38(19-23-51(47)60)42-21-17-33(2)25-35(42)4/h5-30H,1-4H3. The van der Waals surface area contributed by atoms with Crippen LogP contribution in [-0.2, 0) is 6.18 Å². The summed E-state index contributed by atoms with van der Waals surface area (Å²) in [4.78, 5) is 0. The van der Waals surface area contributed by atoms with Gasteiger partial charge in [-0.25, -0.2) is 0 Å². The van der Waals surface area contributed by atoms with Gasteiger partial charge in [-0.3, -0.25) is 0 Å². The number of alkyl halides is 3. The minimum atomic E-state index is -4.55. The molecule has 0 N–H and O–H groups in total. The summed E-state index contributed by atoms with van der Waals surface area (Å²) in [6.45, 7) is 8.45. The molecule has 0 bridgehead atoms. The van der Waals surface area contributed by atoms with E-state index < -0.39 is 11.7 Å². The van der Waals surface area contributed by atoms with Crippen LogP contribution in [0.3, 0.4) is 0 Å². The Kier molecular flexibility index (Phi) is 8.55. The van der Waals surface area contributed by atoms with E-state index in [2.05, 4.69) is 140 Å². The molecule has 0 unspecified atom stereocenters. The fourth-order valence-electron chi connectivity index (χ4n) is 9.20. The SMILES string of the molecule is Cc1ccc(-c2ccc3c(c2)c2ccccc2n3-c2cc(C#N)c(-c3cccc(C(F)(F)F)c3)cc2-n2c3ccccc3c3cc(-c4ccc(C)cc4C)ccc32)c(C)c1. The number of rotatable bonds is 5. The highest BCUT2D eigenvalue weighted by Gasteiger charge is 2.31. The number of benzene rings is 8. The smallest absolute Gasteiger partial charge is 0.307 e. The van der Waals surface area contributed by atoms with Crippen LogP contribution >= 0.6 is 0 Å². The summed E-state index contributed by atoms with van der Waals surface area (Å²) in [5, 5.41) is 15.0. The third kappa shape index (κ3) is 5.96. The lowest BCUT2D eigenvalue weighted by molar-refractivity contribution is -0.137. The number of para-hydroxylation sites is 2. The van der Waals surface area contributed by atoms with Crippen LogP contribution in [0.15, 0.2) is 158 Å². The van der Waals surface area contributed by atoms with Crippen molar-refractivity contribution in [2.24, 2.45) is 0 Å². The quantitative estimate of drug-likeness (QED) is 0.171. The van der Waals surface area contributed by atoms with E-state index in [4.69, 9.17) is 0 Å². The van der Waals surface area contributed by atoms with Crippen LogP contribution in [0, 0.1) is 39.0 Å². The Morgan fingerprint density at radius 3 is 1.42 bits per heavy atom. The van der Waals surface area contributed by atoms with E-state index in [1.165, 1.54) is 28.3 Å². The van der Waals surface area contributed by atoms with Crippen molar-refractivity contribution in [2.75, 3.05) is 0 Å². The van der Waals surface area contributed by atoms with Gasteiger partial charge in [0.25, 0.3) is 0 Å². The number of fused-ring (bicyclic) bond motifs is 6. The Bertz CT molecular complexity index is 3430. The Morgan fingerprint density at radius 1 is 0.433 bits per heavy atom. The molecule has 0 radical (unpaired) electrons. The number of halogens is 3. The maximum absolute atomic E-state index is 14.2. The molecular formula is C54H38F3N3. The van der Waals surface area contributed by atoms with Gasteiger partial charge in [-0.1, -0.05) is 108 Å². The molecule has 0 aliphatic heterocycles. The first-order chi connectivity index (χ1) is 29.0. The number of nitrogens with zero attached hydrogens (tertiary/aromatic N) is 3. The van der Waals surface area contributed by atoms with E-state index in [1.54, 1.807) is 6.07 Å². The first-order valence-corrected chi connectivity index (χ1v) is 20.0. The normalized spacial score (nSPS) is 11.9. The van der Waals surface area contributed by atoms with Crippen LogP contribution in [0.5, 0.6) is 0 Å². The van der Waals surface area contributed by atoms with Crippen molar-refractivity contribution in [2.45, 2.75) is 33.9 Å². The molecule has 0 saturated carbocycles. The number of hydrogen-bond donors (Lipinski definition) is 0. The third-order valence-corrected chi connectivity index (χ3v) is 11.9. The van der Waals surface area contributed by atoms with Crippen LogP contribution in [0.1, 0.15) is 33.4 Å². The van der Waals surface area contributed by atoms with Gasteiger partial charge < -0.3 is 9.13 Å². The van der Waals surface area contributed by atoms with E-state index in [0.717, 1.165) is 89.4 Å². The molecule has 2 heterocycles. The third-order valence-electron chi connectivity index (χ3n) is 11.9. The van der Waals surface area contributed by atoms with Gasteiger partial charge in [0.2, 0.25) is 0 Å². The van der Waals surface area contributed by atoms with Gasteiger partial charge in [0, 0.05) is 27.1 Å². The summed E-state index contributed by atoms with van der Waals surface area (Å²) in [6, 6.07) is 53.9. The molecule has 3 nitrogen and oxygen atoms in total. The number of nitriles is 1. The molecule has 6 heteroatoms. The highest BCUT2D eigenvalue weighted by molar-refractivity contribution is 6.13. The molecule has 290 valence electrons. The van der Waals surface area contributed by atoms with Crippen molar-refractivity contribution in [3.05, 3.63) is 191 Å². The Labute approximate surface area is 345 Å². The predicted molar refractivity (Wildman–Crippen MR) is 240 cm³/mol. The summed E-state index contributed by atoms with van der Waals surface area (Å²) in [5.74, 6) is 0. The lowest BCUT2D eigenvalue weighted by atomic mass is 9.96. The second-order valence-corrected chi connectivity index (χ2v) is 15.9. The molecule has 0 aliphatic rings. The average molecular weight is 786 g/mol. The molecule has 2 aromatic heterocycles. The molecule has 0 aliphatic carbocycles. The van der Waals surface area contributed by atoms with E-state index in [1.807, 2.05) is 36.4 Å². The molecular weight excluding hydrogens is 748 g/mol. The summed E-state index contributed by atoms with van der Waals surface area (Å²) >= 11 is 0. The van der Waals surface area contributed by atoms with E-state index in [0.29, 0.717) is 11.1 Å². The van der Waals surface area contributed by atoms with Crippen molar-refractivity contribution in [3.8, 4) is 50.8 Å². The van der Waals surface area contributed by atoms with Crippen molar-refractivity contribution < 1.29 is 13.2 Å². The Morgan fingerprint density at radius 2 is 0.917 bits per heavy atom. The topological polar surface area (TPSA) is 33.6 Å². The Hall–Kier alpha value is -7.36. The molecule has 0 fully saturated rings. The van der Waals surface area contributed by atoms with Crippen molar-refractivity contribution in [1.29, 1.82) is 5.26 Å². The van der Waals surface area contributed by atoms with Gasteiger partial charge in [0.15, 0.2) is 0 Å². The zero-order valence-corrected chi connectivity index (χ0v) is 33.5.